The molecule has 0 saturated carbocycles. The van der Waals surface area contributed by atoms with Crippen molar-refractivity contribution in [3.05, 3.63) is 129 Å². The molecule has 4 aromatic carbocycles. The van der Waals surface area contributed by atoms with Crippen LogP contribution in [0.4, 0.5) is 0 Å². The second-order valence-electron chi connectivity index (χ2n) is 16.6. The molecule has 0 radical (unpaired) electrons. The Morgan fingerprint density at radius 1 is 0.477 bits per heavy atom. The van der Waals surface area contributed by atoms with Gasteiger partial charge in [-0.3, -0.25) is 0 Å². The average Bonchev–Trinajstić information content (AvgIpc) is 3.38. The summed E-state index contributed by atoms with van der Waals surface area (Å²) in [5.41, 5.74) is 16.0. The molecular weight excluding hydrogens is 528 g/mol. The minimum Gasteiger partial charge on any atom is -0.0616 e. The number of hydrogen-bond donors (Lipinski definition) is 0. The lowest BCUT2D eigenvalue weighted by molar-refractivity contribution is 0.194. The van der Waals surface area contributed by atoms with Crippen LogP contribution in [0.3, 0.4) is 0 Å². The van der Waals surface area contributed by atoms with Crippen molar-refractivity contribution in [1.29, 1.82) is 0 Å². The lowest BCUT2D eigenvalue weighted by Crippen LogP contribution is -2.43. The Labute approximate surface area is 263 Å². The van der Waals surface area contributed by atoms with Crippen LogP contribution in [-0.4, -0.2) is 0 Å². The molecule has 2 atom stereocenters. The molecule has 0 fully saturated rings. The van der Waals surface area contributed by atoms with Crippen LogP contribution in [0.2, 0.25) is 0 Å². The maximum Gasteiger partial charge on any atom is -0.000901 e. The molecule has 0 amide bonds. The van der Waals surface area contributed by atoms with E-state index in [0.717, 1.165) is 12.8 Å². The molecule has 4 aromatic rings. The Bertz CT molecular complexity index is 1960. The van der Waals surface area contributed by atoms with Gasteiger partial charge in [-0.05, 0) is 124 Å². The zero-order valence-electron chi connectivity index (χ0n) is 27.7. The van der Waals surface area contributed by atoms with Gasteiger partial charge in [0, 0.05) is 0 Å². The summed E-state index contributed by atoms with van der Waals surface area (Å²) < 4.78 is 0. The van der Waals surface area contributed by atoms with E-state index in [1.54, 1.807) is 33.4 Å². The second kappa shape index (κ2) is 8.14. The van der Waals surface area contributed by atoms with Gasteiger partial charge in [0.05, 0.1) is 0 Å². The van der Waals surface area contributed by atoms with Gasteiger partial charge in [-0.25, -0.2) is 0 Å². The van der Waals surface area contributed by atoms with Crippen molar-refractivity contribution in [2.75, 3.05) is 0 Å². The molecule has 5 aliphatic rings. The molecule has 5 aliphatic carbocycles. The third-order valence-electron chi connectivity index (χ3n) is 13.7. The average molecular weight is 573 g/mol. The molecule has 0 aliphatic heterocycles. The first-order valence-corrected chi connectivity index (χ1v) is 16.8. The molecule has 220 valence electrons. The van der Waals surface area contributed by atoms with Gasteiger partial charge in [0.1, 0.15) is 0 Å². The molecule has 9 rings (SSSR count). The molecular formula is C44H44. The van der Waals surface area contributed by atoms with E-state index in [0.29, 0.717) is 11.8 Å². The summed E-state index contributed by atoms with van der Waals surface area (Å²) in [6, 6.07) is 27.7. The first-order valence-electron chi connectivity index (χ1n) is 16.8. The molecule has 0 N–H and O–H groups in total. The predicted octanol–water partition coefficient (Wildman–Crippen LogP) is 11.7. The summed E-state index contributed by atoms with van der Waals surface area (Å²) in [5.74, 6) is 0.992. The highest BCUT2D eigenvalue weighted by molar-refractivity contribution is 6.01. The van der Waals surface area contributed by atoms with Gasteiger partial charge >= 0.3 is 0 Å². The van der Waals surface area contributed by atoms with Crippen LogP contribution in [0.1, 0.15) is 90.5 Å². The van der Waals surface area contributed by atoms with E-state index in [2.05, 4.69) is 140 Å². The third-order valence-corrected chi connectivity index (χ3v) is 13.7. The zero-order chi connectivity index (χ0) is 30.6. The fourth-order valence-electron chi connectivity index (χ4n) is 10.3. The van der Waals surface area contributed by atoms with Crippen LogP contribution in [-0.2, 0) is 10.8 Å². The van der Waals surface area contributed by atoms with Crippen molar-refractivity contribution >= 4 is 32.7 Å². The van der Waals surface area contributed by atoms with Crippen LogP contribution < -0.4 is 0 Å². The normalized spacial score (nSPS) is 26.4. The summed E-state index contributed by atoms with van der Waals surface area (Å²) in [7, 11) is 0. The summed E-state index contributed by atoms with van der Waals surface area (Å²) in [4.78, 5) is 0. The van der Waals surface area contributed by atoms with Crippen molar-refractivity contribution in [2.45, 2.75) is 79.1 Å². The van der Waals surface area contributed by atoms with Gasteiger partial charge < -0.3 is 0 Å². The molecule has 0 spiro atoms. The quantitative estimate of drug-likeness (QED) is 0.197. The lowest BCUT2D eigenvalue weighted by Gasteiger charge is -2.53. The molecule has 0 aromatic heterocycles. The molecule has 0 saturated heterocycles. The third kappa shape index (κ3) is 3.01. The van der Waals surface area contributed by atoms with Gasteiger partial charge in [-0.2, -0.15) is 0 Å². The standard InChI is InChI=1S/C44H44/c1-41(2)33-19-17-25-13-9-11-15-27(25)39(33)31-23-37-29(21-35(31)41)30-22-36-32(24-38(30)44(7,8)43(37,5)6)40-28-16-12-10-14-26(28)18-20-34(40)42(36,3)4/h9-20,23-24,35-36H,21-22H2,1-8H3. The van der Waals surface area contributed by atoms with Crippen LogP contribution >= 0.6 is 0 Å². The summed E-state index contributed by atoms with van der Waals surface area (Å²) in [5, 5.41) is 5.56. The largest absolute Gasteiger partial charge is 0.0616 e. The number of fused-ring (bicyclic) bond motifs is 11. The minimum absolute atomic E-state index is 0.0101. The fourth-order valence-corrected chi connectivity index (χ4v) is 10.3. The fraction of sp³-hybridized carbons (Fsp3) is 0.364. The first-order chi connectivity index (χ1) is 20.8. The Hall–Kier alpha value is -3.64. The van der Waals surface area contributed by atoms with E-state index in [1.807, 2.05) is 0 Å². The van der Waals surface area contributed by atoms with Gasteiger partial charge in [0.25, 0.3) is 0 Å². The Morgan fingerprint density at radius 3 is 1.27 bits per heavy atom. The van der Waals surface area contributed by atoms with Crippen LogP contribution in [0.5, 0.6) is 0 Å². The molecule has 0 nitrogen and oxygen atoms in total. The topological polar surface area (TPSA) is 0 Å². The highest BCUT2D eigenvalue weighted by Gasteiger charge is 2.55. The summed E-state index contributed by atoms with van der Waals surface area (Å²) in [6.07, 6.45) is 7.66. The molecule has 2 unspecified atom stereocenters. The number of rotatable bonds is 0. The van der Waals surface area contributed by atoms with Crippen molar-refractivity contribution in [3.8, 4) is 0 Å². The van der Waals surface area contributed by atoms with Crippen molar-refractivity contribution in [2.24, 2.45) is 22.7 Å². The van der Waals surface area contributed by atoms with E-state index >= 15 is 0 Å². The van der Waals surface area contributed by atoms with Gasteiger partial charge in [0.2, 0.25) is 0 Å². The van der Waals surface area contributed by atoms with E-state index < -0.39 is 0 Å². The highest BCUT2D eigenvalue weighted by Crippen LogP contribution is 2.67. The second-order valence-corrected chi connectivity index (χ2v) is 16.6. The number of allylic oxidation sites excluding steroid dienone is 8. The van der Waals surface area contributed by atoms with Crippen LogP contribution in [0.25, 0.3) is 32.7 Å². The monoisotopic (exact) mass is 572 g/mol. The summed E-state index contributed by atoms with van der Waals surface area (Å²) in [6.45, 7) is 20.1. The zero-order valence-corrected chi connectivity index (χ0v) is 27.7. The van der Waals surface area contributed by atoms with Crippen molar-refractivity contribution in [1.82, 2.24) is 0 Å². The van der Waals surface area contributed by atoms with Crippen LogP contribution in [0, 0.1) is 22.7 Å². The van der Waals surface area contributed by atoms with Gasteiger partial charge in [-0.1, -0.05) is 140 Å². The summed E-state index contributed by atoms with van der Waals surface area (Å²) >= 11 is 0. The Balaban J connectivity index is 1.30. The van der Waals surface area contributed by atoms with E-state index in [-0.39, 0.29) is 21.7 Å². The maximum atomic E-state index is 2.69. The Morgan fingerprint density at radius 2 is 0.864 bits per heavy atom. The van der Waals surface area contributed by atoms with E-state index in [4.69, 9.17) is 0 Å². The van der Waals surface area contributed by atoms with E-state index in [9.17, 15) is 0 Å². The van der Waals surface area contributed by atoms with Gasteiger partial charge in [-0.15, -0.1) is 0 Å². The molecule has 0 heterocycles. The minimum atomic E-state index is 0.0101. The lowest BCUT2D eigenvalue weighted by atomic mass is 9.50. The first kappa shape index (κ1) is 26.7. The highest BCUT2D eigenvalue weighted by atomic mass is 14.6. The molecule has 44 heavy (non-hydrogen) atoms. The predicted molar refractivity (Wildman–Crippen MR) is 188 cm³/mol. The SMILES string of the molecule is CC1(C)c2ccc3ccccc3c2C2=CC3=C(CC21)C1=C(C=C2c4c(ccc5ccccc45)C(C)(C)C2C1)C(C)(C)C3(C)C. The van der Waals surface area contributed by atoms with Crippen molar-refractivity contribution in [3.63, 3.8) is 0 Å². The van der Waals surface area contributed by atoms with Crippen molar-refractivity contribution < 1.29 is 0 Å². The van der Waals surface area contributed by atoms with E-state index in [1.165, 1.54) is 43.8 Å². The molecule has 0 heteroatoms. The number of hydrogen-bond acceptors (Lipinski definition) is 0. The molecule has 0 bridgehead atoms. The number of benzene rings is 4. The maximum absolute atomic E-state index is 2.69. The van der Waals surface area contributed by atoms with Gasteiger partial charge in [0.15, 0.2) is 0 Å². The Kier molecular flexibility index (Phi) is 4.95. The van der Waals surface area contributed by atoms with Crippen LogP contribution in [0.15, 0.2) is 107 Å². The smallest absolute Gasteiger partial charge is 0.000901 e.